The zero-order valence-corrected chi connectivity index (χ0v) is 15.7. The monoisotopic (exact) mass is 361 g/mol. The van der Waals surface area contributed by atoms with E-state index < -0.39 is 5.97 Å². The van der Waals surface area contributed by atoms with Gasteiger partial charge in [-0.1, -0.05) is 29.8 Å². The van der Waals surface area contributed by atoms with Gasteiger partial charge in [0.1, 0.15) is 10.9 Å². The van der Waals surface area contributed by atoms with Gasteiger partial charge >= 0.3 is 5.97 Å². The van der Waals surface area contributed by atoms with Crippen LogP contribution in [0.25, 0.3) is 0 Å². The quantitative estimate of drug-likeness (QED) is 0.791. The van der Waals surface area contributed by atoms with Crippen molar-refractivity contribution in [2.75, 3.05) is 20.6 Å². The number of hydrogen-bond acceptors (Lipinski definition) is 5. The average Bonchev–Trinajstić information content (AvgIpc) is 2.90. The van der Waals surface area contributed by atoms with E-state index >= 15 is 0 Å². The number of carboxylic acids is 1. The van der Waals surface area contributed by atoms with E-state index in [1.54, 1.807) is 6.92 Å². The molecule has 1 aromatic heterocycles. The number of benzene rings is 1. The van der Waals surface area contributed by atoms with Gasteiger partial charge in [-0.15, -0.1) is 11.3 Å². The zero-order chi connectivity index (χ0) is 18.6. The van der Waals surface area contributed by atoms with Crippen LogP contribution in [0.3, 0.4) is 0 Å². The fourth-order valence-electron chi connectivity index (χ4n) is 2.58. The minimum atomic E-state index is -0.961. The van der Waals surface area contributed by atoms with Gasteiger partial charge < -0.3 is 10.4 Å². The van der Waals surface area contributed by atoms with Crippen LogP contribution in [-0.2, 0) is 11.2 Å². The van der Waals surface area contributed by atoms with Crippen LogP contribution in [-0.4, -0.2) is 47.5 Å². The maximum absolute atomic E-state index is 12.6. The van der Waals surface area contributed by atoms with Crippen molar-refractivity contribution in [3.05, 3.63) is 51.0 Å². The molecule has 25 heavy (non-hydrogen) atoms. The van der Waals surface area contributed by atoms with Gasteiger partial charge in [-0.2, -0.15) is 0 Å². The lowest BCUT2D eigenvalue weighted by molar-refractivity contribution is -0.125. The minimum absolute atomic E-state index is 0.0828. The van der Waals surface area contributed by atoms with E-state index in [4.69, 9.17) is 5.11 Å². The van der Waals surface area contributed by atoms with Crippen LogP contribution in [0.1, 0.15) is 37.5 Å². The number of carbonyl (C=O) groups is 2. The highest BCUT2D eigenvalue weighted by Crippen LogP contribution is 2.20. The summed E-state index contributed by atoms with van der Waals surface area (Å²) < 4.78 is 0. The average molecular weight is 361 g/mol. The van der Waals surface area contributed by atoms with Gasteiger partial charge in [0, 0.05) is 13.0 Å². The highest BCUT2D eigenvalue weighted by atomic mass is 32.1. The van der Waals surface area contributed by atoms with E-state index in [1.165, 1.54) is 0 Å². The topological polar surface area (TPSA) is 82.5 Å². The summed E-state index contributed by atoms with van der Waals surface area (Å²) in [7, 11) is 3.74. The molecule has 134 valence electrons. The lowest BCUT2D eigenvalue weighted by atomic mass is 10.0. The summed E-state index contributed by atoms with van der Waals surface area (Å²) in [5, 5.41) is 12.7. The number of aromatic carboxylic acids is 1. The van der Waals surface area contributed by atoms with Crippen molar-refractivity contribution < 1.29 is 14.7 Å². The second-order valence-electron chi connectivity index (χ2n) is 6.15. The van der Waals surface area contributed by atoms with Crippen LogP contribution in [0.4, 0.5) is 0 Å². The number of nitrogens with one attached hydrogen (secondary N) is 1. The fourth-order valence-corrected chi connectivity index (χ4v) is 3.48. The van der Waals surface area contributed by atoms with Gasteiger partial charge in [0.2, 0.25) is 5.91 Å². The highest BCUT2D eigenvalue weighted by molar-refractivity contribution is 7.13. The number of carbonyl (C=O) groups excluding carboxylic acids is 1. The molecule has 2 aromatic rings. The third-order valence-corrected chi connectivity index (χ3v) is 5.04. The first-order valence-corrected chi connectivity index (χ1v) is 8.81. The molecule has 0 saturated carbocycles. The Bertz CT molecular complexity index is 753. The van der Waals surface area contributed by atoms with Gasteiger partial charge in [-0.25, -0.2) is 9.78 Å². The number of aromatic nitrogens is 1. The Morgan fingerprint density at radius 2 is 1.88 bits per heavy atom. The van der Waals surface area contributed by atoms with Gasteiger partial charge in [0.05, 0.1) is 10.7 Å². The molecular weight excluding hydrogens is 338 g/mol. The van der Waals surface area contributed by atoms with Crippen LogP contribution in [0.5, 0.6) is 0 Å². The number of hydrogen-bond donors (Lipinski definition) is 2. The molecule has 6 nitrogen and oxygen atoms in total. The van der Waals surface area contributed by atoms with Gasteiger partial charge in [-0.05, 0) is 33.5 Å². The van der Waals surface area contributed by atoms with Crippen LogP contribution < -0.4 is 5.32 Å². The molecule has 2 N–H and O–H groups in total. The Kier molecular flexibility index (Phi) is 6.27. The first kappa shape index (κ1) is 19.1. The van der Waals surface area contributed by atoms with Crippen molar-refractivity contribution >= 4 is 23.2 Å². The van der Waals surface area contributed by atoms with Crippen molar-refractivity contribution in [3.8, 4) is 0 Å². The summed E-state index contributed by atoms with van der Waals surface area (Å²) in [4.78, 5) is 30.0. The van der Waals surface area contributed by atoms with E-state index in [0.717, 1.165) is 22.5 Å². The molecule has 0 aliphatic rings. The van der Waals surface area contributed by atoms with Crippen molar-refractivity contribution in [3.63, 3.8) is 0 Å². The first-order valence-electron chi connectivity index (χ1n) is 8.00. The molecule has 1 atom stereocenters. The minimum Gasteiger partial charge on any atom is -0.477 e. The summed E-state index contributed by atoms with van der Waals surface area (Å²) >= 11 is 1.16. The summed E-state index contributed by atoms with van der Waals surface area (Å²) in [5.74, 6) is -1.04. The number of amides is 1. The Labute approximate surface area is 151 Å². The highest BCUT2D eigenvalue weighted by Gasteiger charge is 2.22. The second kappa shape index (κ2) is 8.22. The van der Waals surface area contributed by atoms with Crippen LogP contribution >= 0.6 is 11.3 Å². The van der Waals surface area contributed by atoms with Crippen molar-refractivity contribution in [2.24, 2.45) is 0 Å². The van der Waals surface area contributed by atoms with E-state index in [1.807, 2.05) is 50.2 Å². The Morgan fingerprint density at radius 3 is 2.40 bits per heavy atom. The molecule has 1 amide bonds. The standard InChI is InChI=1S/C18H23N3O3S/c1-11-5-7-13(8-6-11)15(21(3)4)17(22)19-10-9-14-20-12(2)16(25-14)18(23)24/h5-8,15H,9-10H2,1-4H3,(H,19,22)(H,23,24)/t15-/m1/s1. The van der Waals surface area contributed by atoms with Gasteiger partial charge in [-0.3, -0.25) is 9.69 Å². The summed E-state index contributed by atoms with van der Waals surface area (Å²) in [6.07, 6.45) is 0.512. The molecule has 7 heteroatoms. The number of carboxylic acid groups (broad SMARTS) is 1. The molecule has 0 spiro atoms. The third kappa shape index (κ3) is 4.87. The number of rotatable bonds is 7. The van der Waals surface area contributed by atoms with Gasteiger partial charge in [0.25, 0.3) is 0 Å². The lowest BCUT2D eigenvalue weighted by Gasteiger charge is -2.24. The van der Waals surface area contributed by atoms with Crippen molar-refractivity contribution in [1.82, 2.24) is 15.2 Å². The number of aryl methyl sites for hydroxylation is 2. The predicted molar refractivity (Wildman–Crippen MR) is 98.1 cm³/mol. The summed E-state index contributed by atoms with van der Waals surface area (Å²) in [6.45, 7) is 4.11. The largest absolute Gasteiger partial charge is 0.477 e. The van der Waals surface area contributed by atoms with Crippen molar-refractivity contribution in [1.29, 1.82) is 0 Å². The Morgan fingerprint density at radius 1 is 1.24 bits per heavy atom. The number of nitrogens with zero attached hydrogens (tertiary/aromatic N) is 2. The first-order chi connectivity index (χ1) is 11.8. The maximum Gasteiger partial charge on any atom is 0.347 e. The molecule has 0 fully saturated rings. The van der Waals surface area contributed by atoms with E-state index in [2.05, 4.69) is 10.3 Å². The van der Waals surface area contributed by atoms with Gasteiger partial charge in [0.15, 0.2) is 0 Å². The number of thiazole rings is 1. The lowest BCUT2D eigenvalue weighted by Crippen LogP contribution is -2.37. The van der Waals surface area contributed by atoms with Crippen LogP contribution in [0, 0.1) is 13.8 Å². The molecule has 0 unspecified atom stereocenters. The van der Waals surface area contributed by atoms with E-state index in [9.17, 15) is 9.59 Å². The molecule has 0 saturated heterocycles. The smallest absolute Gasteiger partial charge is 0.347 e. The second-order valence-corrected chi connectivity index (χ2v) is 7.23. The summed E-state index contributed by atoms with van der Waals surface area (Å²) in [6, 6.07) is 7.54. The van der Waals surface area contributed by atoms with Crippen LogP contribution in [0.2, 0.25) is 0 Å². The molecule has 0 aliphatic heterocycles. The maximum atomic E-state index is 12.6. The normalized spacial score (nSPS) is 12.2. The number of likely N-dealkylation sites (N-methyl/N-ethyl adjacent to an activating group) is 1. The zero-order valence-electron chi connectivity index (χ0n) is 14.9. The van der Waals surface area contributed by atoms with E-state index in [-0.39, 0.29) is 16.8 Å². The molecule has 0 aliphatic carbocycles. The van der Waals surface area contributed by atoms with Crippen LogP contribution in [0.15, 0.2) is 24.3 Å². The Balaban J connectivity index is 1.98. The Hall–Kier alpha value is -2.25. The molecule has 0 radical (unpaired) electrons. The summed E-state index contributed by atoms with van der Waals surface area (Å²) in [5.41, 5.74) is 2.60. The predicted octanol–water partition coefficient (Wildman–Crippen LogP) is 2.42. The fraction of sp³-hybridized carbons (Fsp3) is 0.389. The molecular formula is C18H23N3O3S. The molecule has 1 heterocycles. The third-order valence-electron chi connectivity index (χ3n) is 3.83. The molecule has 2 rings (SSSR count). The molecule has 1 aromatic carbocycles. The molecule has 0 bridgehead atoms. The SMILES string of the molecule is Cc1ccc([C@H](C(=O)NCCc2nc(C)c(C(=O)O)s2)N(C)C)cc1. The van der Waals surface area contributed by atoms with E-state index in [0.29, 0.717) is 23.7 Å². The van der Waals surface area contributed by atoms with Crippen molar-refractivity contribution in [2.45, 2.75) is 26.3 Å².